The van der Waals surface area contributed by atoms with Gasteiger partial charge in [-0.05, 0) is 55.0 Å². The number of rotatable bonds is 2. The third kappa shape index (κ3) is 2.97. The van der Waals surface area contributed by atoms with Gasteiger partial charge in [0.1, 0.15) is 11.3 Å². The van der Waals surface area contributed by atoms with E-state index in [1.54, 1.807) is 0 Å². The van der Waals surface area contributed by atoms with Gasteiger partial charge in [0.25, 0.3) is 0 Å². The van der Waals surface area contributed by atoms with E-state index in [4.69, 9.17) is 9.40 Å². The van der Waals surface area contributed by atoms with Crippen LogP contribution in [0.15, 0.2) is 59.0 Å². The van der Waals surface area contributed by atoms with Gasteiger partial charge in [0, 0.05) is 11.1 Å². The Kier molecular flexibility index (Phi) is 4.12. The van der Waals surface area contributed by atoms with Gasteiger partial charge in [0.15, 0.2) is 5.58 Å². The van der Waals surface area contributed by atoms with Gasteiger partial charge in [-0.1, -0.05) is 59.7 Å². The molecule has 2 aromatic carbocycles. The van der Waals surface area contributed by atoms with Crippen LogP contribution in [0, 0.1) is 24.3 Å². The first-order chi connectivity index (χ1) is 12.0. The molecule has 124 valence electrons. The van der Waals surface area contributed by atoms with E-state index in [2.05, 4.69) is 98.0 Å². The number of aromatic nitrogens is 1. The van der Waals surface area contributed by atoms with Crippen molar-refractivity contribution in [3.63, 3.8) is 0 Å². The molecule has 0 spiro atoms. The molecule has 3 heteroatoms. The molecule has 2 heterocycles. The molecule has 0 bridgehead atoms. The Balaban J connectivity index is 1.90. The number of aryl methyl sites for hydroxylation is 3. The largest absolute Gasteiger partial charge is 0.453 e. The van der Waals surface area contributed by atoms with Crippen LogP contribution in [-0.4, -0.2) is 4.98 Å². The minimum Gasteiger partial charge on any atom is -0.453 e. The Morgan fingerprint density at radius 2 is 1.36 bits per heavy atom. The summed E-state index contributed by atoms with van der Waals surface area (Å²) in [5.74, 6) is 0.896. The van der Waals surface area contributed by atoms with E-state index < -0.39 is 0 Å². The number of fused-ring (bicyclic) bond motifs is 1. The first-order valence-corrected chi connectivity index (χ1v) is 9.34. The van der Waals surface area contributed by atoms with Gasteiger partial charge in [-0.3, -0.25) is 0 Å². The van der Waals surface area contributed by atoms with E-state index in [9.17, 15) is 0 Å². The maximum absolute atomic E-state index is 6.20. The molecule has 0 aliphatic heterocycles. The fraction of sp³-hybridized carbons (Fsp3) is 0.136. The van der Waals surface area contributed by atoms with Crippen molar-refractivity contribution in [1.82, 2.24) is 4.98 Å². The van der Waals surface area contributed by atoms with Crippen molar-refractivity contribution in [1.29, 1.82) is 0 Å². The number of nitrogens with zero attached hydrogens (tertiary/aromatic N) is 1. The van der Waals surface area contributed by atoms with Crippen molar-refractivity contribution in [2.24, 2.45) is 0 Å². The van der Waals surface area contributed by atoms with Gasteiger partial charge >= 0.3 is 0 Å². The molecular weight excluding hydrogens is 421 g/mol. The standard InChI is InChI=1S/C22H18INO/c1-13-4-8-16(9-5-13)18-12-15(3)21-20(24-18)19(23)22(25-21)17-10-6-14(2)7-11-17/h4-12H,1-3H3. The second kappa shape index (κ2) is 6.30. The summed E-state index contributed by atoms with van der Waals surface area (Å²) in [6, 6.07) is 19.0. The highest BCUT2D eigenvalue weighted by molar-refractivity contribution is 14.1. The van der Waals surface area contributed by atoms with Crippen molar-refractivity contribution in [2.45, 2.75) is 20.8 Å². The molecule has 0 fully saturated rings. The van der Waals surface area contributed by atoms with Crippen LogP contribution in [0.25, 0.3) is 33.7 Å². The first kappa shape index (κ1) is 16.3. The highest BCUT2D eigenvalue weighted by Gasteiger charge is 2.18. The molecule has 2 aromatic heterocycles. The molecule has 0 aliphatic rings. The van der Waals surface area contributed by atoms with Crippen LogP contribution in [-0.2, 0) is 0 Å². The predicted molar refractivity (Wildman–Crippen MR) is 112 cm³/mol. The fourth-order valence-electron chi connectivity index (χ4n) is 2.96. The maximum atomic E-state index is 6.20. The summed E-state index contributed by atoms with van der Waals surface area (Å²) < 4.78 is 7.26. The van der Waals surface area contributed by atoms with Crippen LogP contribution in [0.1, 0.15) is 16.7 Å². The number of halogens is 1. The minimum atomic E-state index is 0.871. The number of hydrogen-bond donors (Lipinski definition) is 0. The Hall–Kier alpha value is -2.14. The van der Waals surface area contributed by atoms with Crippen molar-refractivity contribution in [3.8, 4) is 22.6 Å². The van der Waals surface area contributed by atoms with E-state index in [0.717, 1.165) is 42.8 Å². The topological polar surface area (TPSA) is 26.0 Å². The SMILES string of the molecule is Cc1ccc(-c2cc(C)c3oc(-c4ccc(C)cc4)c(I)c3n2)cc1. The highest BCUT2D eigenvalue weighted by Crippen LogP contribution is 2.36. The lowest BCUT2D eigenvalue weighted by atomic mass is 10.1. The molecule has 0 N–H and O–H groups in total. The predicted octanol–water partition coefficient (Wildman–Crippen LogP) is 6.69. The lowest BCUT2D eigenvalue weighted by Crippen LogP contribution is -1.88. The second-order valence-corrected chi connectivity index (χ2v) is 7.56. The number of pyridine rings is 1. The molecule has 0 atom stereocenters. The normalized spacial score (nSPS) is 11.2. The first-order valence-electron chi connectivity index (χ1n) is 8.26. The number of benzene rings is 2. The van der Waals surface area contributed by atoms with Crippen molar-refractivity contribution < 1.29 is 4.42 Å². The monoisotopic (exact) mass is 439 g/mol. The molecule has 0 amide bonds. The van der Waals surface area contributed by atoms with E-state index in [0.29, 0.717) is 0 Å². The quantitative estimate of drug-likeness (QED) is 0.325. The van der Waals surface area contributed by atoms with Crippen LogP contribution in [0.5, 0.6) is 0 Å². The van der Waals surface area contributed by atoms with Gasteiger partial charge in [-0.15, -0.1) is 0 Å². The third-order valence-corrected chi connectivity index (χ3v) is 5.43. The van der Waals surface area contributed by atoms with Crippen molar-refractivity contribution in [3.05, 3.63) is 74.9 Å². The third-order valence-electron chi connectivity index (χ3n) is 4.43. The number of hydrogen-bond acceptors (Lipinski definition) is 2. The Morgan fingerprint density at radius 1 is 0.800 bits per heavy atom. The molecule has 0 saturated heterocycles. The fourth-order valence-corrected chi connectivity index (χ4v) is 3.74. The molecule has 0 saturated carbocycles. The van der Waals surface area contributed by atoms with E-state index >= 15 is 0 Å². The highest BCUT2D eigenvalue weighted by atomic mass is 127. The van der Waals surface area contributed by atoms with E-state index in [-0.39, 0.29) is 0 Å². The van der Waals surface area contributed by atoms with Gasteiger partial charge < -0.3 is 4.42 Å². The van der Waals surface area contributed by atoms with Crippen molar-refractivity contribution in [2.75, 3.05) is 0 Å². The molecular formula is C22H18INO. The van der Waals surface area contributed by atoms with Gasteiger partial charge in [-0.2, -0.15) is 0 Å². The Bertz CT molecular complexity index is 1060. The smallest absolute Gasteiger partial charge is 0.157 e. The average Bonchev–Trinajstić information content (AvgIpc) is 2.94. The average molecular weight is 439 g/mol. The van der Waals surface area contributed by atoms with Crippen molar-refractivity contribution >= 4 is 33.7 Å². The summed E-state index contributed by atoms with van der Waals surface area (Å²) in [6.45, 7) is 6.27. The minimum absolute atomic E-state index is 0.871. The summed E-state index contributed by atoms with van der Waals surface area (Å²) >= 11 is 2.35. The van der Waals surface area contributed by atoms with E-state index in [1.165, 1.54) is 11.1 Å². The maximum Gasteiger partial charge on any atom is 0.157 e. The zero-order valence-corrected chi connectivity index (χ0v) is 16.6. The van der Waals surface area contributed by atoms with Gasteiger partial charge in [-0.25, -0.2) is 4.98 Å². The zero-order valence-electron chi connectivity index (χ0n) is 14.4. The summed E-state index contributed by atoms with van der Waals surface area (Å²) in [4.78, 5) is 4.90. The van der Waals surface area contributed by atoms with Crippen LogP contribution in [0.4, 0.5) is 0 Å². The molecule has 2 nitrogen and oxygen atoms in total. The second-order valence-electron chi connectivity index (χ2n) is 6.48. The van der Waals surface area contributed by atoms with Crippen LogP contribution < -0.4 is 0 Å². The zero-order chi connectivity index (χ0) is 17.6. The molecule has 25 heavy (non-hydrogen) atoms. The van der Waals surface area contributed by atoms with Crippen LogP contribution in [0.3, 0.4) is 0 Å². The Morgan fingerprint density at radius 3 is 1.96 bits per heavy atom. The summed E-state index contributed by atoms with van der Waals surface area (Å²) in [7, 11) is 0. The number of furan rings is 1. The van der Waals surface area contributed by atoms with Crippen LogP contribution >= 0.6 is 22.6 Å². The van der Waals surface area contributed by atoms with Crippen LogP contribution in [0.2, 0.25) is 0 Å². The molecule has 0 radical (unpaired) electrons. The van der Waals surface area contributed by atoms with Gasteiger partial charge in [0.2, 0.25) is 0 Å². The molecule has 0 unspecified atom stereocenters. The lowest BCUT2D eigenvalue weighted by Gasteiger charge is -2.04. The summed E-state index contributed by atoms with van der Waals surface area (Å²) in [5, 5.41) is 0. The lowest BCUT2D eigenvalue weighted by molar-refractivity contribution is 0.626. The van der Waals surface area contributed by atoms with Gasteiger partial charge in [0.05, 0.1) is 9.26 Å². The molecule has 4 rings (SSSR count). The molecule has 0 aliphatic carbocycles. The van der Waals surface area contributed by atoms with E-state index in [1.807, 2.05) is 0 Å². The summed E-state index contributed by atoms with van der Waals surface area (Å²) in [6.07, 6.45) is 0. The Labute approximate surface area is 161 Å². The summed E-state index contributed by atoms with van der Waals surface area (Å²) in [5.41, 5.74) is 8.61. The molecule has 4 aromatic rings.